The first-order chi connectivity index (χ1) is 19.5. The van der Waals surface area contributed by atoms with Gasteiger partial charge in [-0.1, -0.05) is 41.9 Å². The monoisotopic (exact) mass is 617 g/mol. The van der Waals surface area contributed by atoms with E-state index < -0.39 is 28.5 Å². The van der Waals surface area contributed by atoms with E-state index in [0.717, 1.165) is 9.20 Å². The second-order valence-corrected chi connectivity index (χ2v) is 12.7. The van der Waals surface area contributed by atoms with Gasteiger partial charge in [-0.2, -0.15) is 0 Å². The van der Waals surface area contributed by atoms with Gasteiger partial charge in [0.25, 0.3) is 10.0 Å². The van der Waals surface area contributed by atoms with Crippen molar-refractivity contribution >= 4 is 50.9 Å². The number of hydrogen-bond donors (Lipinski definition) is 1. The maximum atomic E-state index is 14.1. The molecule has 0 saturated carbocycles. The van der Waals surface area contributed by atoms with Gasteiger partial charge in [-0.3, -0.25) is 13.9 Å². The average Bonchev–Trinajstić information content (AvgIpc) is 2.95. The lowest BCUT2D eigenvalue weighted by atomic mass is 10.1. The number of halogens is 1. The third-order valence-corrected chi connectivity index (χ3v) is 9.14. The third kappa shape index (κ3) is 8.18. The minimum absolute atomic E-state index is 0.00853. The third-order valence-electron chi connectivity index (χ3n) is 6.26. The van der Waals surface area contributed by atoms with Crippen molar-refractivity contribution < 1.29 is 22.7 Å². The van der Waals surface area contributed by atoms with E-state index in [0.29, 0.717) is 22.9 Å². The molecule has 1 atom stereocenters. The summed E-state index contributed by atoms with van der Waals surface area (Å²) >= 11 is 7.90. The number of hydrogen-bond acceptors (Lipinski definition) is 6. The second-order valence-electron chi connectivity index (χ2n) is 9.54. The van der Waals surface area contributed by atoms with Gasteiger partial charge in [0.2, 0.25) is 11.8 Å². The van der Waals surface area contributed by atoms with Crippen LogP contribution in [0, 0.1) is 0 Å². The summed E-state index contributed by atoms with van der Waals surface area (Å²) in [5, 5.41) is 3.27. The first-order valence-corrected chi connectivity index (χ1v) is 16.3. The molecule has 1 N–H and O–H groups in total. The minimum Gasteiger partial charge on any atom is -0.492 e. The number of thioether (sulfide) groups is 1. The molecular weight excluding hydrogens is 582 g/mol. The molecule has 8 nitrogen and oxygen atoms in total. The molecule has 0 bridgehead atoms. The molecular formula is C30H36ClN3O5S2. The molecule has 0 aliphatic carbocycles. The van der Waals surface area contributed by atoms with Gasteiger partial charge in [-0.15, -0.1) is 11.8 Å². The van der Waals surface area contributed by atoms with Gasteiger partial charge in [-0.25, -0.2) is 8.42 Å². The van der Waals surface area contributed by atoms with Crippen LogP contribution >= 0.6 is 23.4 Å². The van der Waals surface area contributed by atoms with Crippen molar-refractivity contribution in [3.05, 3.63) is 83.4 Å². The number of carbonyl (C=O) groups excluding carboxylic acids is 2. The number of nitrogens with one attached hydrogen (secondary N) is 1. The van der Waals surface area contributed by atoms with Crippen LogP contribution < -0.4 is 14.4 Å². The largest absolute Gasteiger partial charge is 0.492 e. The molecule has 0 radical (unpaired) electrons. The fourth-order valence-corrected chi connectivity index (χ4v) is 6.16. The smallest absolute Gasteiger partial charge is 0.264 e. The predicted octanol–water partition coefficient (Wildman–Crippen LogP) is 5.60. The van der Waals surface area contributed by atoms with E-state index >= 15 is 0 Å². The first-order valence-electron chi connectivity index (χ1n) is 13.2. The Labute approximate surface area is 252 Å². The number of anilines is 1. The van der Waals surface area contributed by atoms with Gasteiger partial charge < -0.3 is 15.0 Å². The molecule has 0 aliphatic rings. The Bertz CT molecular complexity index is 1450. The van der Waals surface area contributed by atoms with Gasteiger partial charge in [0.05, 0.1) is 17.2 Å². The maximum absolute atomic E-state index is 14.1. The number of carbonyl (C=O) groups is 2. The molecule has 0 unspecified atom stereocenters. The van der Waals surface area contributed by atoms with Crippen LogP contribution in [-0.4, -0.2) is 56.6 Å². The van der Waals surface area contributed by atoms with Crippen molar-refractivity contribution in [2.24, 2.45) is 0 Å². The summed E-state index contributed by atoms with van der Waals surface area (Å²) in [5.74, 6) is -0.625. The predicted molar refractivity (Wildman–Crippen MR) is 165 cm³/mol. The summed E-state index contributed by atoms with van der Waals surface area (Å²) in [6.07, 6.45) is 1.90. The van der Waals surface area contributed by atoms with E-state index in [1.54, 1.807) is 74.5 Å². The van der Waals surface area contributed by atoms with E-state index in [9.17, 15) is 18.0 Å². The van der Waals surface area contributed by atoms with Gasteiger partial charge in [-0.05, 0) is 82.0 Å². The molecule has 11 heteroatoms. The van der Waals surface area contributed by atoms with Crippen LogP contribution in [0.2, 0.25) is 5.02 Å². The highest BCUT2D eigenvalue weighted by molar-refractivity contribution is 7.98. The lowest BCUT2D eigenvalue weighted by molar-refractivity contribution is -0.139. The standard InChI is InChI=1S/C30H36ClN3O5S2/c1-6-39-28-14-10-9-13-27(28)34(41(37,38)25-17-15-24(40-5)16-18-25)20-29(35)33(22(4)30(36)32-21(2)3)19-23-11-7-8-12-26(23)31/h7-18,21-22H,6,19-20H2,1-5H3,(H,32,36)/t22-/m0/s1. The number of para-hydroxylation sites is 2. The first kappa shape index (κ1) is 32.3. The van der Waals surface area contributed by atoms with Crippen molar-refractivity contribution in [1.82, 2.24) is 10.2 Å². The molecule has 2 amide bonds. The van der Waals surface area contributed by atoms with Crippen molar-refractivity contribution in [1.29, 1.82) is 0 Å². The molecule has 220 valence electrons. The second kappa shape index (κ2) is 14.6. The summed E-state index contributed by atoms with van der Waals surface area (Å²) in [5.41, 5.74) is 0.845. The van der Waals surface area contributed by atoms with Gasteiger partial charge in [0.15, 0.2) is 0 Å². The lowest BCUT2D eigenvalue weighted by Crippen LogP contribution is -2.52. The fraction of sp³-hybridized carbons (Fsp3) is 0.333. The molecule has 0 aromatic heterocycles. The average molecular weight is 618 g/mol. The Morgan fingerprint density at radius 2 is 1.61 bits per heavy atom. The summed E-state index contributed by atoms with van der Waals surface area (Å²) in [4.78, 5) is 29.4. The highest BCUT2D eigenvalue weighted by Crippen LogP contribution is 2.33. The maximum Gasteiger partial charge on any atom is 0.264 e. The van der Waals surface area contributed by atoms with Crippen molar-refractivity contribution in [2.75, 3.05) is 23.7 Å². The SMILES string of the molecule is CCOc1ccccc1N(CC(=O)N(Cc1ccccc1Cl)[C@@H](C)C(=O)NC(C)C)S(=O)(=O)c1ccc(SC)cc1. The van der Waals surface area contributed by atoms with Crippen LogP contribution in [0.1, 0.15) is 33.3 Å². The van der Waals surface area contributed by atoms with E-state index in [1.165, 1.54) is 28.8 Å². The number of amides is 2. The summed E-state index contributed by atoms with van der Waals surface area (Å²) in [6, 6.07) is 19.1. The Morgan fingerprint density at radius 1 is 0.976 bits per heavy atom. The normalized spacial score (nSPS) is 12.1. The fourth-order valence-electron chi connectivity index (χ4n) is 4.13. The van der Waals surface area contributed by atoms with E-state index in [4.69, 9.17) is 16.3 Å². The van der Waals surface area contributed by atoms with Crippen molar-refractivity contribution in [2.45, 2.75) is 56.1 Å². The molecule has 3 aromatic carbocycles. The minimum atomic E-state index is -4.22. The number of rotatable bonds is 13. The van der Waals surface area contributed by atoms with Crippen LogP contribution in [0.5, 0.6) is 5.75 Å². The zero-order chi connectivity index (χ0) is 30.2. The number of nitrogens with zero attached hydrogens (tertiary/aromatic N) is 2. The zero-order valence-electron chi connectivity index (χ0n) is 23.8. The zero-order valence-corrected chi connectivity index (χ0v) is 26.2. The van der Waals surface area contributed by atoms with Crippen LogP contribution in [0.4, 0.5) is 5.69 Å². The number of sulfonamides is 1. The Hall–Kier alpha value is -3.21. The molecule has 0 aliphatic heterocycles. The molecule has 0 spiro atoms. The van der Waals surface area contributed by atoms with Crippen molar-refractivity contribution in [3.8, 4) is 5.75 Å². The molecule has 0 heterocycles. The summed E-state index contributed by atoms with van der Waals surface area (Å²) in [7, 11) is -4.22. The summed E-state index contributed by atoms with van der Waals surface area (Å²) < 4.78 is 35.0. The molecule has 41 heavy (non-hydrogen) atoms. The Kier molecular flexibility index (Phi) is 11.5. The number of ether oxygens (including phenoxy) is 1. The molecule has 3 rings (SSSR count). The van der Waals surface area contributed by atoms with E-state index in [2.05, 4.69) is 5.32 Å². The van der Waals surface area contributed by atoms with Crippen LogP contribution in [0.15, 0.2) is 82.6 Å². The highest BCUT2D eigenvalue weighted by Gasteiger charge is 2.34. The molecule has 0 fully saturated rings. The Balaban J connectivity index is 2.10. The summed E-state index contributed by atoms with van der Waals surface area (Å²) in [6.45, 7) is 6.79. The van der Waals surface area contributed by atoms with Crippen LogP contribution in [0.3, 0.4) is 0 Å². The van der Waals surface area contributed by atoms with E-state index in [1.807, 2.05) is 20.1 Å². The quantitative estimate of drug-likeness (QED) is 0.251. The van der Waals surface area contributed by atoms with Gasteiger partial charge in [0.1, 0.15) is 18.3 Å². The topological polar surface area (TPSA) is 96.0 Å². The lowest BCUT2D eigenvalue weighted by Gasteiger charge is -2.33. The van der Waals surface area contributed by atoms with Crippen LogP contribution in [-0.2, 0) is 26.2 Å². The molecule has 3 aromatic rings. The molecule has 0 saturated heterocycles. The van der Waals surface area contributed by atoms with Gasteiger partial charge >= 0.3 is 0 Å². The van der Waals surface area contributed by atoms with Crippen LogP contribution in [0.25, 0.3) is 0 Å². The van der Waals surface area contributed by atoms with Gasteiger partial charge in [0, 0.05) is 22.5 Å². The van der Waals surface area contributed by atoms with Crippen molar-refractivity contribution in [3.63, 3.8) is 0 Å². The Morgan fingerprint density at radius 3 is 2.22 bits per heavy atom. The van der Waals surface area contributed by atoms with E-state index in [-0.39, 0.29) is 29.1 Å². The number of benzene rings is 3. The highest BCUT2D eigenvalue weighted by atomic mass is 35.5.